The first-order valence-corrected chi connectivity index (χ1v) is 13.4. The van der Waals surface area contributed by atoms with Gasteiger partial charge in [0, 0.05) is 73.0 Å². The maximum absolute atomic E-state index is 5.65. The molecule has 0 amide bonds. The highest BCUT2D eigenvalue weighted by atomic mass is 127. The van der Waals surface area contributed by atoms with Crippen LogP contribution in [0.15, 0.2) is 53.8 Å². The lowest BCUT2D eigenvalue weighted by Gasteiger charge is -2.40. The molecule has 0 aromatic heterocycles. The van der Waals surface area contributed by atoms with Gasteiger partial charge in [-0.1, -0.05) is 77.9 Å². The molecule has 1 saturated heterocycles. The first-order valence-electron chi connectivity index (χ1n) is 10.9. The van der Waals surface area contributed by atoms with Crippen LogP contribution in [0.4, 0.5) is 0 Å². The third-order valence-corrected chi connectivity index (χ3v) is 8.27. The number of hydrogen-bond donors (Lipinski definition) is 1. The highest BCUT2D eigenvalue weighted by Crippen LogP contribution is 2.38. The molecule has 1 atom stereocenters. The molecule has 1 aliphatic rings. The lowest BCUT2D eigenvalue weighted by atomic mass is 9.87. The minimum absolute atomic E-state index is 0.0579. The van der Waals surface area contributed by atoms with Crippen molar-refractivity contribution in [2.45, 2.75) is 38.6 Å². The number of allylic oxidation sites excluding steroid dienone is 2. The standard InChI is InChI=1S/C24H37I2N3O/c1-4-13-24(20-25,22-8-6-5-7-9-22)29(26)19-21(2)10-11-23(30-3)12-16-28-17-14-27-15-18-28/h5-11,27H,4,12-20H2,1-3H3/b21-10+,23-11+. The first kappa shape index (κ1) is 26.1. The van der Waals surface area contributed by atoms with Crippen molar-refractivity contribution in [1.29, 1.82) is 0 Å². The molecule has 1 aliphatic heterocycles. The molecule has 0 saturated carbocycles. The Bertz CT molecular complexity index is 674. The number of nitrogens with one attached hydrogen (secondary N) is 1. The van der Waals surface area contributed by atoms with Crippen molar-refractivity contribution in [2.24, 2.45) is 0 Å². The SMILES string of the molecule is CCCC(CI)(c1ccccc1)N(I)C/C(C)=C/C=C(\CCN1CCNCC1)OC. The summed E-state index contributed by atoms with van der Waals surface area (Å²) < 4.78 is 9.23. The molecule has 6 heteroatoms. The van der Waals surface area contributed by atoms with Gasteiger partial charge in [0.25, 0.3) is 0 Å². The topological polar surface area (TPSA) is 27.7 Å². The number of piperazine rings is 1. The highest BCUT2D eigenvalue weighted by molar-refractivity contribution is 14.1. The number of halogens is 2. The van der Waals surface area contributed by atoms with E-state index in [0.717, 1.165) is 62.3 Å². The van der Waals surface area contributed by atoms with Crippen LogP contribution in [0.1, 0.15) is 38.7 Å². The largest absolute Gasteiger partial charge is 0.501 e. The van der Waals surface area contributed by atoms with Gasteiger partial charge in [0.1, 0.15) is 0 Å². The number of hydrogen-bond acceptors (Lipinski definition) is 4. The van der Waals surface area contributed by atoms with Crippen molar-refractivity contribution >= 4 is 45.5 Å². The van der Waals surface area contributed by atoms with Crippen molar-refractivity contribution in [1.82, 2.24) is 13.3 Å². The van der Waals surface area contributed by atoms with E-state index in [0.29, 0.717) is 0 Å². The van der Waals surface area contributed by atoms with Gasteiger partial charge in [-0.25, -0.2) is 3.11 Å². The summed E-state index contributed by atoms with van der Waals surface area (Å²) in [6.07, 6.45) is 7.68. The molecule has 1 unspecified atom stereocenters. The molecule has 2 rings (SSSR count). The third-order valence-electron chi connectivity index (χ3n) is 5.75. The van der Waals surface area contributed by atoms with Crippen LogP contribution in [0.3, 0.4) is 0 Å². The third kappa shape index (κ3) is 7.76. The van der Waals surface area contributed by atoms with Crippen molar-refractivity contribution in [2.75, 3.05) is 50.8 Å². The Labute approximate surface area is 211 Å². The summed E-state index contributed by atoms with van der Waals surface area (Å²) in [4.78, 5) is 2.51. The molecule has 1 aromatic rings. The van der Waals surface area contributed by atoms with Crippen molar-refractivity contribution in [3.05, 3.63) is 59.4 Å². The molecule has 1 heterocycles. The number of rotatable bonds is 12. The molecule has 0 radical (unpaired) electrons. The van der Waals surface area contributed by atoms with E-state index in [-0.39, 0.29) is 5.54 Å². The van der Waals surface area contributed by atoms with Crippen LogP contribution in [-0.2, 0) is 10.3 Å². The zero-order chi connectivity index (χ0) is 21.8. The Morgan fingerprint density at radius 2 is 1.93 bits per heavy atom. The zero-order valence-corrected chi connectivity index (χ0v) is 23.0. The van der Waals surface area contributed by atoms with Gasteiger partial charge < -0.3 is 15.0 Å². The average molecular weight is 637 g/mol. The second-order valence-corrected chi connectivity index (χ2v) is 9.92. The number of methoxy groups -OCH3 is 1. The predicted molar refractivity (Wildman–Crippen MR) is 145 cm³/mol. The van der Waals surface area contributed by atoms with Gasteiger partial charge in [-0.2, -0.15) is 0 Å². The molecular weight excluding hydrogens is 600 g/mol. The van der Waals surface area contributed by atoms with Crippen LogP contribution in [-0.4, -0.2) is 58.8 Å². The lowest BCUT2D eigenvalue weighted by Crippen LogP contribution is -2.43. The Hall–Kier alpha value is -0.160. The fourth-order valence-electron chi connectivity index (χ4n) is 3.89. The Morgan fingerprint density at radius 3 is 2.53 bits per heavy atom. The molecular formula is C24H37I2N3O. The molecule has 30 heavy (non-hydrogen) atoms. The van der Waals surface area contributed by atoms with Crippen LogP contribution in [0.25, 0.3) is 0 Å². The van der Waals surface area contributed by atoms with Crippen LogP contribution >= 0.6 is 45.5 Å². The molecule has 1 N–H and O–H groups in total. The van der Waals surface area contributed by atoms with Crippen molar-refractivity contribution < 1.29 is 4.74 Å². The summed E-state index contributed by atoms with van der Waals surface area (Å²) in [5.74, 6) is 1.06. The second kappa shape index (κ2) is 14.1. The van der Waals surface area contributed by atoms with Crippen LogP contribution in [0.2, 0.25) is 0 Å². The van der Waals surface area contributed by atoms with Gasteiger partial charge >= 0.3 is 0 Å². The number of benzene rings is 1. The van der Waals surface area contributed by atoms with Gasteiger partial charge in [0.15, 0.2) is 0 Å². The maximum Gasteiger partial charge on any atom is 0.0968 e. The first-order chi connectivity index (χ1) is 14.6. The summed E-state index contributed by atoms with van der Waals surface area (Å²) >= 11 is 5.09. The number of alkyl halides is 1. The number of ether oxygens (including phenoxy) is 1. The van der Waals surface area contributed by atoms with Crippen molar-refractivity contribution in [3.8, 4) is 0 Å². The Morgan fingerprint density at radius 1 is 1.23 bits per heavy atom. The Kier molecular flexibility index (Phi) is 12.2. The summed E-state index contributed by atoms with van der Waals surface area (Å²) in [5, 5.41) is 3.41. The maximum atomic E-state index is 5.65. The fraction of sp³-hybridized carbons (Fsp3) is 0.583. The summed E-state index contributed by atoms with van der Waals surface area (Å²) in [7, 11) is 1.79. The molecule has 0 aliphatic carbocycles. The predicted octanol–water partition coefficient (Wildman–Crippen LogP) is 5.54. The van der Waals surface area contributed by atoms with E-state index in [1.807, 2.05) is 0 Å². The summed E-state index contributed by atoms with van der Waals surface area (Å²) in [5.41, 5.74) is 2.82. The second-order valence-electron chi connectivity index (χ2n) is 7.99. The van der Waals surface area contributed by atoms with E-state index in [1.54, 1.807) is 7.11 Å². The molecule has 0 spiro atoms. The van der Waals surface area contributed by atoms with E-state index >= 15 is 0 Å². The van der Waals surface area contributed by atoms with E-state index in [1.165, 1.54) is 17.6 Å². The Balaban J connectivity index is 2.04. The van der Waals surface area contributed by atoms with Gasteiger partial charge in [0.2, 0.25) is 0 Å². The molecule has 1 fully saturated rings. The molecule has 0 bridgehead atoms. The summed E-state index contributed by atoms with van der Waals surface area (Å²) in [6, 6.07) is 11.0. The monoisotopic (exact) mass is 637 g/mol. The normalized spacial score (nSPS) is 18.5. The quantitative estimate of drug-likeness (QED) is 0.107. The van der Waals surface area contributed by atoms with Gasteiger partial charge in [-0.3, -0.25) is 0 Å². The van der Waals surface area contributed by atoms with Crippen molar-refractivity contribution in [3.63, 3.8) is 0 Å². The van der Waals surface area contributed by atoms with Crippen LogP contribution in [0, 0.1) is 0 Å². The molecule has 1 aromatic carbocycles. The fourth-order valence-corrected chi connectivity index (χ4v) is 7.01. The van der Waals surface area contributed by atoms with Gasteiger partial charge in [-0.05, 0) is 25.0 Å². The van der Waals surface area contributed by atoms with Gasteiger partial charge in [0.05, 0.1) is 18.4 Å². The zero-order valence-electron chi connectivity index (χ0n) is 18.7. The average Bonchev–Trinajstić information content (AvgIpc) is 2.78. The van der Waals surface area contributed by atoms with Crippen LogP contribution < -0.4 is 5.32 Å². The smallest absolute Gasteiger partial charge is 0.0968 e. The van der Waals surface area contributed by atoms with E-state index in [4.69, 9.17) is 4.74 Å². The highest BCUT2D eigenvalue weighted by Gasteiger charge is 2.35. The molecule has 4 nitrogen and oxygen atoms in total. The minimum Gasteiger partial charge on any atom is -0.501 e. The van der Waals surface area contributed by atoms with Gasteiger partial charge in [-0.15, -0.1) is 0 Å². The van der Waals surface area contributed by atoms with E-state index < -0.39 is 0 Å². The minimum atomic E-state index is 0.0579. The van der Waals surface area contributed by atoms with E-state index in [2.05, 4.69) is 115 Å². The van der Waals surface area contributed by atoms with Crippen LogP contribution in [0.5, 0.6) is 0 Å². The molecule has 168 valence electrons. The summed E-state index contributed by atoms with van der Waals surface area (Å²) in [6.45, 7) is 10.9. The number of nitrogens with zero attached hydrogens (tertiary/aromatic N) is 2. The van der Waals surface area contributed by atoms with E-state index in [9.17, 15) is 0 Å². The lowest BCUT2D eigenvalue weighted by molar-refractivity contribution is 0.215.